The number of benzene rings is 2. The van der Waals surface area contributed by atoms with Crippen LogP contribution in [0, 0.1) is 5.92 Å². The Balaban J connectivity index is 1.74. The monoisotopic (exact) mass is 282 g/mol. The smallest absolute Gasteiger partial charge is 0.0608 e. The van der Waals surface area contributed by atoms with Crippen LogP contribution >= 0.6 is 0 Å². The Bertz CT molecular complexity index is 562. The number of aliphatic hydroxyl groups excluding tert-OH is 1. The van der Waals surface area contributed by atoms with E-state index in [0.717, 1.165) is 6.42 Å². The SMILES string of the molecule is OC(Cc1cccc2ccccc12)C1CCCCCCC1. The summed E-state index contributed by atoms with van der Waals surface area (Å²) >= 11 is 0. The second-order valence-electron chi connectivity index (χ2n) is 6.51. The standard InChI is InChI=1S/C20H26O/c21-20(17-10-4-2-1-3-5-11-17)15-18-13-8-12-16-9-6-7-14-19(16)18/h6-9,12-14,17,20-21H,1-5,10-11,15H2. The molecule has 2 aromatic carbocycles. The Morgan fingerprint density at radius 1 is 0.857 bits per heavy atom. The lowest BCUT2D eigenvalue weighted by molar-refractivity contribution is 0.0916. The molecule has 0 radical (unpaired) electrons. The third-order valence-corrected chi connectivity index (χ3v) is 5.00. The largest absolute Gasteiger partial charge is 0.392 e. The van der Waals surface area contributed by atoms with E-state index in [2.05, 4.69) is 42.5 Å². The van der Waals surface area contributed by atoms with Gasteiger partial charge in [0.2, 0.25) is 0 Å². The van der Waals surface area contributed by atoms with Gasteiger partial charge in [0.25, 0.3) is 0 Å². The molecule has 0 aromatic heterocycles. The maximum Gasteiger partial charge on any atom is 0.0608 e. The third kappa shape index (κ3) is 3.65. The second kappa shape index (κ2) is 7.09. The van der Waals surface area contributed by atoms with E-state index in [-0.39, 0.29) is 6.10 Å². The normalized spacial score (nSPS) is 19.1. The predicted octanol–water partition coefficient (Wildman–Crippen LogP) is 5.10. The van der Waals surface area contributed by atoms with Crippen LogP contribution in [0.2, 0.25) is 0 Å². The minimum absolute atomic E-state index is 0.186. The molecule has 0 aliphatic heterocycles. The molecule has 1 N–H and O–H groups in total. The zero-order chi connectivity index (χ0) is 14.5. The highest BCUT2D eigenvalue weighted by Gasteiger charge is 2.20. The quantitative estimate of drug-likeness (QED) is 0.830. The lowest BCUT2D eigenvalue weighted by Gasteiger charge is -2.25. The van der Waals surface area contributed by atoms with Crippen LogP contribution in [-0.2, 0) is 6.42 Å². The number of hydrogen-bond acceptors (Lipinski definition) is 1. The van der Waals surface area contributed by atoms with E-state index in [0.29, 0.717) is 5.92 Å². The Kier molecular flexibility index (Phi) is 4.92. The maximum absolute atomic E-state index is 10.7. The minimum atomic E-state index is -0.186. The highest BCUT2D eigenvalue weighted by atomic mass is 16.3. The first-order chi connectivity index (χ1) is 10.3. The maximum atomic E-state index is 10.7. The summed E-state index contributed by atoms with van der Waals surface area (Å²) in [5.74, 6) is 0.490. The molecule has 1 aliphatic rings. The van der Waals surface area contributed by atoms with E-state index in [1.165, 1.54) is 61.3 Å². The summed E-state index contributed by atoms with van der Waals surface area (Å²) in [7, 11) is 0. The number of hydrogen-bond donors (Lipinski definition) is 1. The van der Waals surface area contributed by atoms with Crippen molar-refractivity contribution in [3.05, 3.63) is 48.0 Å². The molecule has 0 amide bonds. The number of rotatable bonds is 3. The number of fused-ring (bicyclic) bond motifs is 1. The van der Waals surface area contributed by atoms with Gasteiger partial charge < -0.3 is 5.11 Å². The lowest BCUT2D eigenvalue weighted by Crippen LogP contribution is -2.24. The van der Waals surface area contributed by atoms with E-state index in [9.17, 15) is 5.11 Å². The molecule has 1 aliphatic carbocycles. The van der Waals surface area contributed by atoms with Gasteiger partial charge in [0.15, 0.2) is 0 Å². The van der Waals surface area contributed by atoms with Crippen molar-refractivity contribution < 1.29 is 5.11 Å². The summed E-state index contributed by atoms with van der Waals surface area (Å²) in [5, 5.41) is 13.3. The molecular weight excluding hydrogens is 256 g/mol. The molecule has 1 saturated carbocycles. The first kappa shape index (κ1) is 14.6. The topological polar surface area (TPSA) is 20.2 Å². The predicted molar refractivity (Wildman–Crippen MR) is 89.5 cm³/mol. The molecule has 1 heteroatoms. The van der Waals surface area contributed by atoms with Gasteiger partial charge in [-0.2, -0.15) is 0 Å². The first-order valence-electron chi connectivity index (χ1n) is 8.49. The zero-order valence-corrected chi connectivity index (χ0v) is 12.8. The van der Waals surface area contributed by atoms with Gasteiger partial charge in [-0.25, -0.2) is 0 Å². The molecule has 112 valence electrons. The molecule has 0 saturated heterocycles. The van der Waals surface area contributed by atoms with Crippen LogP contribution in [-0.4, -0.2) is 11.2 Å². The molecule has 1 fully saturated rings. The fraction of sp³-hybridized carbons (Fsp3) is 0.500. The van der Waals surface area contributed by atoms with Crippen molar-refractivity contribution in [2.45, 2.75) is 57.5 Å². The van der Waals surface area contributed by atoms with Gasteiger partial charge in [0.05, 0.1) is 6.10 Å². The van der Waals surface area contributed by atoms with Crippen LogP contribution in [0.1, 0.15) is 50.5 Å². The van der Waals surface area contributed by atoms with Crippen LogP contribution < -0.4 is 0 Å². The van der Waals surface area contributed by atoms with Crippen LogP contribution in [0.25, 0.3) is 10.8 Å². The molecule has 21 heavy (non-hydrogen) atoms. The highest BCUT2D eigenvalue weighted by molar-refractivity contribution is 5.85. The van der Waals surface area contributed by atoms with Crippen LogP contribution in [0.4, 0.5) is 0 Å². The summed E-state index contributed by atoms with van der Waals surface area (Å²) in [6.45, 7) is 0. The van der Waals surface area contributed by atoms with E-state index in [4.69, 9.17) is 0 Å². The van der Waals surface area contributed by atoms with Crippen molar-refractivity contribution in [3.8, 4) is 0 Å². The van der Waals surface area contributed by atoms with Crippen molar-refractivity contribution in [1.82, 2.24) is 0 Å². The first-order valence-corrected chi connectivity index (χ1v) is 8.49. The Morgan fingerprint density at radius 2 is 1.52 bits per heavy atom. The van der Waals surface area contributed by atoms with Crippen LogP contribution in [0.3, 0.4) is 0 Å². The van der Waals surface area contributed by atoms with Crippen molar-refractivity contribution in [1.29, 1.82) is 0 Å². The lowest BCUT2D eigenvalue weighted by atomic mass is 9.84. The van der Waals surface area contributed by atoms with Gasteiger partial charge in [-0.05, 0) is 41.5 Å². The molecule has 2 aromatic rings. The van der Waals surface area contributed by atoms with E-state index >= 15 is 0 Å². The van der Waals surface area contributed by atoms with Crippen molar-refractivity contribution in [3.63, 3.8) is 0 Å². The number of aliphatic hydroxyl groups is 1. The van der Waals surface area contributed by atoms with Crippen molar-refractivity contribution in [2.24, 2.45) is 5.92 Å². The fourth-order valence-electron chi connectivity index (χ4n) is 3.73. The molecule has 1 atom stereocenters. The van der Waals surface area contributed by atoms with Gasteiger partial charge in [-0.1, -0.05) is 74.6 Å². The summed E-state index contributed by atoms with van der Waals surface area (Å²) < 4.78 is 0. The van der Waals surface area contributed by atoms with E-state index in [1.807, 2.05) is 0 Å². The molecule has 3 rings (SSSR count). The molecule has 0 spiro atoms. The molecule has 0 bridgehead atoms. The fourth-order valence-corrected chi connectivity index (χ4v) is 3.73. The van der Waals surface area contributed by atoms with E-state index in [1.54, 1.807) is 0 Å². The zero-order valence-electron chi connectivity index (χ0n) is 12.8. The van der Waals surface area contributed by atoms with Crippen LogP contribution in [0.5, 0.6) is 0 Å². The van der Waals surface area contributed by atoms with E-state index < -0.39 is 0 Å². The third-order valence-electron chi connectivity index (χ3n) is 5.00. The summed E-state index contributed by atoms with van der Waals surface area (Å²) in [5.41, 5.74) is 1.29. The molecule has 0 heterocycles. The average molecular weight is 282 g/mol. The molecule has 1 nitrogen and oxygen atoms in total. The van der Waals surface area contributed by atoms with Gasteiger partial charge in [0, 0.05) is 0 Å². The Morgan fingerprint density at radius 3 is 2.33 bits per heavy atom. The van der Waals surface area contributed by atoms with Gasteiger partial charge in [-0.15, -0.1) is 0 Å². The van der Waals surface area contributed by atoms with Crippen molar-refractivity contribution >= 4 is 10.8 Å². The molecular formula is C20H26O. The van der Waals surface area contributed by atoms with Crippen LogP contribution in [0.15, 0.2) is 42.5 Å². The summed E-state index contributed by atoms with van der Waals surface area (Å²) in [4.78, 5) is 0. The molecule has 1 unspecified atom stereocenters. The highest BCUT2D eigenvalue weighted by Crippen LogP contribution is 2.28. The van der Waals surface area contributed by atoms with Crippen molar-refractivity contribution in [2.75, 3.05) is 0 Å². The Labute approximate surface area is 128 Å². The van der Waals surface area contributed by atoms with Gasteiger partial charge >= 0.3 is 0 Å². The average Bonchev–Trinajstić information content (AvgIpc) is 2.47. The summed E-state index contributed by atoms with van der Waals surface area (Å²) in [6, 6.07) is 14.9. The Hall–Kier alpha value is -1.34. The minimum Gasteiger partial charge on any atom is -0.392 e. The second-order valence-corrected chi connectivity index (χ2v) is 6.51. The summed E-state index contributed by atoms with van der Waals surface area (Å²) in [6.07, 6.45) is 9.66. The van der Waals surface area contributed by atoms with Gasteiger partial charge in [0.1, 0.15) is 0 Å². The van der Waals surface area contributed by atoms with Gasteiger partial charge in [-0.3, -0.25) is 0 Å².